The lowest BCUT2D eigenvalue weighted by Crippen LogP contribution is -2.27. The second kappa shape index (κ2) is 5.58. The van der Waals surface area contributed by atoms with Crippen molar-refractivity contribution in [3.8, 4) is 0 Å². The van der Waals surface area contributed by atoms with Crippen molar-refractivity contribution in [1.29, 1.82) is 0 Å². The van der Waals surface area contributed by atoms with E-state index < -0.39 is 0 Å². The number of halogens is 1. The fraction of sp³-hybridized carbons (Fsp3) is 0.571. The molecule has 2 heteroatoms. The molecule has 0 aromatic heterocycles. The SMILES string of the molecule is CC(Nc1ccccc1Cl)C1CCCCC1. The lowest BCUT2D eigenvalue weighted by Gasteiger charge is -2.29. The van der Waals surface area contributed by atoms with Crippen molar-refractivity contribution in [2.45, 2.75) is 45.1 Å². The van der Waals surface area contributed by atoms with Crippen molar-refractivity contribution in [1.82, 2.24) is 0 Å². The summed E-state index contributed by atoms with van der Waals surface area (Å²) in [5.41, 5.74) is 1.07. The fourth-order valence-corrected chi connectivity index (χ4v) is 2.77. The van der Waals surface area contributed by atoms with Crippen molar-refractivity contribution in [3.63, 3.8) is 0 Å². The van der Waals surface area contributed by atoms with E-state index in [0.29, 0.717) is 6.04 Å². The van der Waals surface area contributed by atoms with Crippen LogP contribution in [0.5, 0.6) is 0 Å². The van der Waals surface area contributed by atoms with E-state index in [-0.39, 0.29) is 0 Å². The van der Waals surface area contributed by atoms with Gasteiger partial charge in [-0.1, -0.05) is 43.0 Å². The minimum Gasteiger partial charge on any atom is -0.381 e. The Bertz CT molecular complexity index is 331. The Morgan fingerprint density at radius 2 is 1.88 bits per heavy atom. The van der Waals surface area contributed by atoms with Gasteiger partial charge in [0, 0.05) is 6.04 Å². The first-order chi connectivity index (χ1) is 7.77. The van der Waals surface area contributed by atoms with Crippen LogP contribution in [0.15, 0.2) is 24.3 Å². The van der Waals surface area contributed by atoms with Gasteiger partial charge >= 0.3 is 0 Å². The Balaban J connectivity index is 1.96. The van der Waals surface area contributed by atoms with Gasteiger partial charge in [-0.25, -0.2) is 0 Å². The number of hydrogen-bond donors (Lipinski definition) is 1. The molecule has 0 aliphatic heterocycles. The molecule has 1 N–H and O–H groups in total. The summed E-state index contributed by atoms with van der Waals surface area (Å²) in [7, 11) is 0. The maximum Gasteiger partial charge on any atom is 0.0637 e. The first-order valence-electron chi connectivity index (χ1n) is 6.28. The van der Waals surface area contributed by atoms with Crippen molar-refractivity contribution >= 4 is 17.3 Å². The van der Waals surface area contributed by atoms with Crippen LogP contribution in [0, 0.1) is 5.92 Å². The van der Waals surface area contributed by atoms with Gasteiger partial charge < -0.3 is 5.32 Å². The lowest BCUT2D eigenvalue weighted by atomic mass is 9.84. The molecule has 16 heavy (non-hydrogen) atoms. The number of rotatable bonds is 3. The van der Waals surface area contributed by atoms with Crippen molar-refractivity contribution < 1.29 is 0 Å². The summed E-state index contributed by atoms with van der Waals surface area (Å²) in [4.78, 5) is 0. The van der Waals surface area contributed by atoms with E-state index in [9.17, 15) is 0 Å². The number of benzene rings is 1. The van der Waals surface area contributed by atoms with E-state index in [1.807, 2.05) is 18.2 Å². The molecule has 1 aliphatic rings. The summed E-state index contributed by atoms with van der Waals surface area (Å²) in [5.74, 6) is 0.810. The molecule has 0 bridgehead atoms. The summed E-state index contributed by atoms with van der Waals surface area (Å²) >= 11 is 6.14. The topological polar surface area (TPSA) is 12.0 Å². The molecule has 1 aliphatic carbocycles. The molecule has 1 aromatic rings. The highest BCUT2D eigenvalue weighted by Gasteiger charge is 2.20. The van der Waals surface area contributed by atoms with E-state index in [1.54, 1.807) is 0 Å². The molecule has 88 valence electrons. The Kier molecular flexibility index (Phi) is 4.11. The van der Waals surface area contributed by atoms with E-state index in [1.165, 1.54) is 32.1 Å². The molecule has 2 rings (SSSR count). The minimum atomic E-state index is 0.528. The fourth-order valence-electron chi connectivity index (χ4n) is 2.58. The summed E-state index contributed by atoms with van der Waals surface area (Å²) in [5, 5.41) is 4.37. The van der Waals surface area contributed by atoms with Crippen LogP contribution in [0.25, 0.3) is 0 Å². The number of nitrogens with one attached hydrogen (secondary N) is 1. The third kappa shape index (κ3) is 2.91. The third-order valence-corrected chi connectivity index (χ3v) is 3.94. The van der Waals surface area contributed by atoms with Crippen LogP contribution < -0.4 is 5.32 Å². The van der Waals surface area contributed by atoms with Gasteiger partial charge in [0.15, 0.2) is 0 Å². The monoisotopic (exact) mass is 237 g/mol. The van der Waals surface area contributed by atoms with Crippen LogP contribution in [0.1, 0.15) is 39.0 Å². The molecule has 1 nitrogen and oxygen atoms in total. The van der Waals surface area contributed by atoms with Gasteiger partial charge in [0.1, 0.15) is 0 Å². The van der Waals surface area contributed by atoms with Gasteiger partial charge in [0.2, 0.25) is 0 Å². The van der Waals surface area contributed by atoms with E-state index in [2.05, 4.69) is 18.3 Å². The highest BCUT2D eigenvalue weighted by atomic mass is 35.5. The van der Waals surface area contributed by atoms with Crippen LogP contribution in [0.4, 0.5) is 5.69 Å². The lowest BCUT2D eigenvalue weighted by molar-refractivity contribution is 0.328. The van der Waals surface area contributed by atoms with Gasteiger partial charge in [-0.3, -0.25) is 0 Å². The second-order valence-corrected chi connectivity index (χ2v) is 5.22. The Labute approximate surface area is 103 Å². The predicted octanol–water partition coefficient (Wildman–Crippen LogP) is 4.72. The predicted molar refractivity (Wildman–Crippen MR) is 71.1 cm³/mol. The minimum absolute atomic E-state index is 0.528. The number of anilines is 1. The average molecular weight is 238 g/mol. The maximum atomic E-state index is 6.14. The van der Waals surface area contributed by atoms with E-state index in [0.717, 1.165) is 16.6 Å². The van der Waals surface area contributed by atoms with Crippen molar-refractivity contribution in [2.24, 2.45) is 5.92 Å². The van der Waals surface area contributed by atoms with Crippen LogP contribution in [0.2, 0.25) is 5.02 Å². The summed E-state index contributed by atoms with van der Waals surface area (Å²) in [6.45, 7) is 2.28. The number of hydrogen-bond acceptors (Lipinski definition) is 1. The zero-order valence-corrected chi connectivity index (χ0v) is 10.6. The van der Waals surface area contributed by atoms with Gasteiger partial charge in [-0.05, 0) is 37.8 Å². The van der Waals surface area contributed by atoms with Crippen molar-refractivity contribution in [2.75, 3.05) is 5.32 Å². The van der Waals surface area contributed by atoms with Crippen LogP contribution in [0.3, 0.4) is 0 Å². The van der Waals surface area contributed by atoms with Gasteiger partial charge in [0.25, 0.3) is 0 Å². The Morgan fingerprint density at radius 3 is 2.56 bits per heavy atom. The molecular formula is C14H20ClN. The number of para-hydroxylation sites is 1. The molecule has 0 amide bonds. The highest BCUT2D eigenvalue weighted by molar-refractivity contribution is 6.33. The molecule has 0 radical (unpaired) electrons. The van der Waals surface area contributed by atoms with E-state index in [4.69, 9.17) is 11.6 Å². The first-order valence-corrected chi connectivity index (χ1v) is 6.66. The van der Waals surface area contributed by atoms with Crippen LogP contribution in [-0.2, 0) is 0 Å². The molecule has 1 aromatic carbocycles. The third-order valence-electron chi connectivity index (χ3n) is 3.61. The van der Waals surface area contributed by atoms with Gasteiger partial charge in [0.05, 0.1) is 10.7 Å². The Morgan fingerprint density at radius 1 is 1.19 bits per heavy atom. The normalized spacial score (nSPS) is 19.4. The molecular weight excluding hydrogens is 218 g/mol. The van der Waals surface area contributed by atoms with Gasteiger partial charge in [-0.15, -0.1) is 0 Å². The summed E-state index contributed by atoms with van der Waals surface area (Å²) in [6, 6.07) is 8.53. The van der Waals surface area contributed by atoms with Crippen LogP contribution >= 0.6 is 11.6 Å². The molecule has 1 atom stereocenters. The summed E-state index contributed by atoms with van der Waals surface area (Å²) < 4.78 is 0. The average Bonchev–Trinajstić information content (AvgIpc) is 2.33. The zero-order valence-electron chi connectivity index (χ0n) is 9.88. The largest absolute Gasteiger partial charge is 0.381 e. The quantitative estimate of drug-likeness (QED) is 0.802. The van der Waals surface area contributed by atoms with Gasteiger partial charge in [-0.2, -0.15) is 0 Å². The molecule has 0 heterocycles. The first kappa shape index (κ1) is 11.8. The molecule has 1 unspecified atom stereocenters. The standard InChI is InChI=1S/C14H20ClN/c1-11(12-7-3-2-4-8-12)16-14-10-6-5-9-13(14)15/h5-6,9-12,16H,2-4,7-8H2,1H3. The summed E-state index contributed by atoms with van der Waals surface area (Å²) in [6.07, 6.45) is 6.91. The molecule has 1 saturated carbocycles. The molecule has 0 spiro atoms. The Hall–Kier alpha value is -0.690. The van der Waals surface area contributed by atoms with Crippen LogP contribution in [-0.4, -0.2) is 6.04 Å². The second-order valence-electron chi connectivity index (χ2n) is 4.81. The molecule has 1 fully saturated rings. The zero-order chi connectivity index (χ0) is 11.4. The maximum absolute atomic E-state index is 6.14. The smallest absolute Gasteiger partial charge is 0.0637 e. The molecule has 0 saturated heterocycles. The van der Waals surface area contributed by atoms with Crippen molar-refractivity contribution in [3.05, 3.63) is 29.3 Å². The highest BCUT2D eigenvalue weighted by Crippen LogP contribution is 2.29. The van der Waals surface area contributed by atoms with E-state index >= 15 is 0 Å².